The molecule has 5 nitrogen and oxygen atoms in total. The summed E-state index contributed by atoms with van der Waals surface area (Å²) in [5.74, 6) is -0.611. The third kappa shape index (κ3) is 2.08. The second-order valence-corrected chi connectivity index (χ2v) is 4.01. The fraction of sp³-hybridized carbons (Fsp3) is 0.455. The Morgan fingerprint density at radius 2 is 2.38 bits per heavy atom. The molecule has 2 rings (SSSR count). The average Bonchev–Trinajstić information content (AvgIpc) is 2.30. The highest BCUT2D eigenvalue weighted by atomic mass is 16.5. The van der Waals surface area contributed by atoms with Crippen molar-refractivity contribution >= 4 is 11.8 Å². The maximum absolute atomic E-state index is 11.5. The van der Waals surface area contributed by atoms with E-state index < -0.39 is 5.97 Å². The van der Waals surface area contributed by atoms with Crippen molar-refractivity contribution in [1.82, 2.24) is 0 Å². The summed E-state index contributed by atoms with van der Waals surface area (Å²) in [5.41, 5.74) is 0. The molecule has 1 atom stereocenters. The van der Waals surface area contributed by atoms with Gasteiger partial charge in [0.05, 0.1) is 25.2 Å². The number of hydrogen-bond donors (Lipinski definition) is 1. The zero-order valence-corrected chi connectivity index (χ0v) is 8.87. The highest BCUT2D eigenvalue weighted by Crippen LogP contribution is 2.20. The van der Waals surface area contributed by atoms with Crippen molar-refractivity contribution in [3.05, 3.63) is 29.6 Å². The molecule has 0 aliphatic carbocycles. The molecule has 16 heavy (non-hydrogen) atoms. The van der Waals surface area contributed by atoms with Gasteiger partial charge in [0.1, 0.15) is 0 Å². The van der Waals surface area contributed by atoms with E-state index in [-0.39, 0.29) is 5.92 Å². The van der Waals surface area contributed by atoms with Crippen LogP contribution in [0.1, 0.15) is 12.8 Å². The smallest absolute Gasteiger partial charge is 0.310 e. The predicted octanol–water partition coefficient (Wildman–Crippen LogP) is 0.621. The molecule has 86 valence electrons. The molecule has 5 heteroatoms. The summed E-state index contributed by atoms with van der Waals surface area (Å²) >= 11 is 0. The summed E-state index contributed by atoms with van der Waals surface area (Å²) in [4.78, 5) is 12.7. The normalized spacial score (nSPS) is 20.8. The van der Waals surface area contributed by atoms with Gasteiger partial charge in [0.25, 0.3) is 5.82 Å². The van der Waals surface area contributed by atoms with Crippen LogP contribution >= 0.6 is 0 Å². The first kappa shape index (κ1) is 10.7. The lowest BCUT2D eigenvalue weighted by atomic mass is 9.98. The van der Waals surface area contributed by atoms with Crippen molar-refractivity contribution in [3.63, 3.8) is 0 Å². The van der Waals surface area contributed by atoms with Gasteiger partial charge < -0.3 is 10.3 Å². The zero-order chi connectivity index (χ0) is 11.5. The summed E-state index contributed by atoms with van der Waals surface area (Å²) in [6.07, 6.45) is 2.93. The zero-order valence-electron chi connectivity index (χ0n) is 8.87. The van der Waals surface area contributed by atoms with Crippen LogP contribution in [0.25, 0.3) is 0 Å². The Labute approximate surface area is 93.5 Å². The summed E-state index contributed by atoms with van der Waals surface area (Å²) < 4.78 is 0.782. The van der Waals surface area contributed by atoms with Crippen LogP contribution in [-0.4, -0.2) is 24.2 Å². The minimum atomic E-state index is -0.780. The van der Waals surface area contributed by atoms with E-state index in [0.717, 1.165) is 17.7 Å². The Bertz CT molecular complexity index is 395. The van der Waals surface area contributed by atoms with E-state index in [1.54, 1.807) is 18.2 Å². The Morgan fingerprint density at radius 3 is 3.06 bits per heavy atom. The molecule has 1 aliphatic rings. The van der Waals surface area contributed by atoms with Gasteiger partial charge in [0.15, 0.2) is 0 Å². The van der Waals surface area contributed by atoms with Gasteiger partial charge in [-0.15, -0.1) is 0 Å². The van der Waals surface area contributed by atoms with Crippen LogP contribution in [0.2, 0.25) is 0 Å². The number of carbonyl (C=O) groups is 1. The fourth-order valence-electron chi connectivity index (χ4n) is 2.05. The maximum atomic E-state index is 11.5. The SMILES string of the molecule is O=C(O)[C@@H]1CCCN(c2cccc[n+]2[O-])C1. The number of piperidine rings is 1. The molecule has 0 unspecified atom stereocenters. The molecular formula is C11H14N2O3. The van der Waals surface area contributed by atoms with Crippen LogP contribution in [-0.2, 0) is 4.79 Å². The van der Waals surface area contributed by atoms with Gasteiger partial charge in [-0.05, 0) is 18.9 Å². The molecule has 0 spiro atoms. The van der Waals surface area contributed by atoms with Crippen LogP contribution in [0.3, 0.4) is 0 Å². The minimum absolute atomic E-state index is 0.367. The van der Waals surface area contributed by atoms with E-state index >= 15 is 0 Å². The fourth-order valence-corrected chi connectivity index (χ4v) is 2.05. The monoisotopic (exact) mass is 222 g/mol. The summed E-state index contributed by atoms with van der Waals surface area (Å²) in [5, 5.41) is 20.5. The number of aromatic nitrogens is 1. The van der Waals surface area contributed by atoms with E-state index in [1.807, 2.05) is 4.90 Å². The second kappa shape index (κ2) is 4.38. The van der Waals surface area contributed by atoms with Crippen LogP contribution in [0.4, 0.5) is 5.82 Å². The molecule has 0 saturated carbocycles. The largest absolute Gasteiger partial charge is 0.711 e. The van der Waals surface area contributed by atoms with Gasteiger partial charge in [-0.2, -0.15) is 0 Å². The summed E-state index contributed by atoms with van der Waals surface area (Å²) in [7, 11) is 0. The van der Waals surface area contributed by atoms with Crippen molar-refractivity contribution in [2.24, 2.45) is 5.92 Å². The Kier molecular flexibility index (Phi) is 2.94. The van der Waals surface area contributed by atoms with E-state index in [9.17, 15) is 10.0 Å². The average molecular weight is 222 g/mol. The van der Waals surface area contributed by atoms with Crippen molar-refractivity contribution in [2.75, 3.05) is 18.0 Å². The number of pyridine rings is 1. The molecule has 2 heterocycles. The lowest BCUT2D eigenvalue weighted by Gasteiger charge is -2.27. The van der Waals surface area contributed by atoms with E-state index in [2.05, 4.69) is 0 Å². The van der Waals surface area contributed by atoms with E-state index in [0.29, 0.717) is 18.8 Å². The third-order valence-corrected chi connectivity index (χ3v) is 2.90. The number of carboxylic acids is 1. The molecule has 0 amide bonds. The first-order valence-corrected chi connectivity index (χ1v) is 5.34. The first-order chi connectivity index (χ1) is 7.68. The van der Waals surface area contributed by atoms with Crippen molar-refractivity contribution in [1.29, 1.82) is 0 Å². The summed E-state index contributed by atoms with van der Waals surface area (Å²) in [6, 6.07) is 5.17. The third-order valence-electron chi connectivity index (χ3n) is 2.90. The Morgan fingerprint density at radius 1 is 1.56 bits per heavy atom. The predicted molar refractivity (Wildman–Crippen MR) is 58.0 cm³/mol. The van der Waals surface area contributed by atoms with Crippen LogP contribution < -0.4 is 9.63 Å². The highest BCUT2D eigenvalue weighted by molar-refractivity contribution is 5.71. The summed E-state index contributed by atoms with van der Waals surface area (Å²) in [6.45, 7) is 1.16. The van der Waals surface area contributed by atoms with E-state index in [4.69, 9.17) is 5.11 Å². The maximum Gasteiger partial charge on any atom is 0.310 e. The van der Waals surface area contributed by atoms with Crippen LogP contribution in [0.5, 0.6) is 0 Å². The number of carboxylic acid groups (broad SMARTS) is 1. The molecule has 1 aliphatic heterocycles. The van der Waals surface area contributed by atoms with Gasteiger partial charge in [-0.25, -0.2) is 4.73 Å². The van der Waals surface area contributed by atoms with Crippen molar-refractivity contribution < 1.29 is 14.6 Å². The Balaban J connectivity index is 2.16. The molecule has 0 aromatic carbocycles. The quantitative estimate of drug-likeness (QED) is 0.588. The van der Waals surface area contributed by atoms with Gasteiger partial charge in [-0.3, -0.25) is 9.69 Å². The Hall–Kier alpha value is -1.78. The number of nitrogens with zero attached hydrogens (tertiary/aromatic N) is 2. The van der Waals surface area contributed by atoms with Gasteiger partial charge in [-0.1, -0.05) is 6.07 Å². The van der Waals surface area contributed by atoms with Crippen molar-refractivity contribution in [3.8, 4) is 0 Å². The van der Waals surface area contributed by atoms with E-state index in [1.165, 1.54) is 6.20 Å². The lowest BCUT2D eigenvalue weighted by Crippen LogP contribution is -2.44. The minimum Gasteiger partial charge on any atom is -0.711 e. The molecular weight excluding hydrogens is 208 g/mol. The molecule has 1 fully saturated rings. The van der Waals surface area contributed by atoms with Crippen molar-refractivity contribution in [2.45, 2.75) is 12.8 Å². The number of rotatable bonds is 2. The van der Waals surface area contributed by atoms with Crippen LogP contribution in [0.15, 0.2) is 24.4 Å². The topological polar surface area (TPSA) is 67.5 Å². The number of anilines is 1. The first-order valence-electron chi connectivity index (χ1n) is 5.34. The highest BCUT2D eigenvalue weighted by Gasteiger charge is 2.30. The molecule has 0 bridgehead atoms. The van der Waals surface area contributed by atoms with Crippen LogP contribution in [0, 0.1) is 11.1 Å². The molecule has 1 aromatic heterocycles. The molecule has 0 radical (unpaired) electrons. The number of aliphatic carboxylic acids is 1. The van der Waals surface area contributed by atoms with Gasteiger partial charge >= 0.3 is 5.97 Å². The number of hydrogen-bond acceptors (Lipinski definition) is 3. The standard InChI is InChI=1S/C11H14N2O3/c14-11(15)9-4-3-6-12(8-9)10-5-1-2-7-13(10)16/h1-2,5,7,9H,3-4,6,8H2,(H,14,15)/t9-/m1/s1. The molecule has 1 saturated heterocycles. The second-order valence-electron chi connectivity index (χ2n) is 4.01. The molecule has 1 aromatic rings. The molecule has 1 N–H and O–H groups in total. The van der Waals surface area contributed by atoms with Gasteiger partial charge in [0.2, 0.25) is 0 Å². The lowest BCUT2D eigenvalue weighted by molar-refractivity contribution is -0.592. The van der Waals surface area contributed by atoms with Gasteiger partial charge in [0, 0.05) is 6.07 Å².